The summed E-state index contributed by atoms with van der Waals surface area (Å²) >= 11 is 0. The average molecular weight is 243 g/mol. The third-order valence-corrected chi connectivity index (χ3v) is 2.94. The Morgan fingerprint density at radius 1 is 0.889 bits per heavy atom. The molecule has 0 N–H and O–H groups in total. The monoisotopic (exact) mass is 243 g/mol. The van der Waals surface area contributed by atoms with Crippen LogP contribution in [0, 0.1) is 0 Å². The summed E-state index contributed by atoms with van der Waals surface area (Å²) in [5.41, 5.74) is 1.69. The molecule has 0 spiro atoms. The zero-order chi connectivity index (χ0) is 13.7. The van der Waals surface area contributed by atoms with Crippen molar-refractivity contribution in [3.8, 4) is 0 Å². The van der Waals surface area contributed by atoms with E-state index in [0.29, 0.717) is 0 Å². The van der Waals surface area contributed by atoms with Gasteiger partial charge in [0.2, 0.25) is 0 Å². The first kappa shape index (κ1) is 11.5. The molecule has 0 aliphatic carbocycles. The maximum atomic E-state index is 8.51. The summed E-state index contributed by atoms with van der Waals surface area (Å²) in [7, 11) is 3.14. The average Bonchev–Trinajstić information content (AvgIpc) is 2.51. The van der Waals surface area contributed by atoms with E-state index in [4.69, 9.17) is 10.8 Å². The third-order valence-electron chi connectivity index (χ3n) is 2.94. The molecule has 0 amide bonds. The van der Waals surface area contributed by atoms with Crippen LogP contribution in [0.15, 0.2) is 60.7 Å². The molecule has 0 fully saturated rings. The van der Waals surface area contributed by atoms with Gasteiger partial charge in [-0.3, -0.25) is 0 Å². The second kappa shape index (κ2) is 5.80. The van der Waals surface area contributed by atoms with Gasteiger partial charge in [0.25, 0.3) is 0 Å². The molecule has 0 heterocycles. The Balaban J connectivity index is 2.45. The summed E-state index contributed by atoms with van der Waals surface area (Å²) in [6.07, 6.45) is -0.661. The van der Waals surface area contributed by atoms with Crippen LogP contribution in [0.2, 0.25) is 0 Å². The molecule has 94 valence electrons. The fourth-order valence-electron chi connectivity index (χ4n) is 1.96. The number of ether oxygens (including phenoxy) is 2. The van der Waals surface area contributed by atoms with Gasteiger partial charge in [-0.1, -0.05) is 60.7 Å². The lowest BCUT2D eigenvalue weighted by atomic mass is 9.97. The van der Waals surface area contributed by atoms with Gasteiger partial charge in [-0.2, -0.15) is 0 Å². The summed E-state index contributed by atoms with van der Waals surface area (Å²) in [5, 5.41) is 0. The SMILES string of the molecule is [2H]C(c1ccccc1)C(OC)(OC)c1ccccc1. The Hall–Kier alpha value is -1.64. The van der Waals surface area contributed by atoms with E-state index in [-0.39, 0.29) is 0 Å². The van der Waals surface area contributed by atoms with Gasteiger partial charge < -0.3 is 9.47 Å². The van der Waals surface area contributed by atoms with Crippen LogP contribution in [0.3, 0.4) is 0 Å². The van der Waals surface area contributed by atoms with Gasteiger partial charge in [-0.15, -0.1) is 0 Å². The lowest BCUT2D eigenvalue weighted by Crippen LogP contribution is -2.33. The maximum Gasteiger partial charge on any atom is 0.198 e. The van der Waals surface area contributed by atoms with Gasteiger partial charge in [0.15, 0.2) is 5.79 Å². The minimum Gasteiger partial charge on any atom is -0.349 e. The second-order valence-electron chi connectivity index (χ2n) is 4.00. The lowest BCUT2D eigenvalue weighted by Gasteiger charge is -2.31. The highest BCUT2D eigenvalue weighted by Crippen LogP contribution is 2.30. The molecule has 1 atom stereocenters. The van der Waals surface area contributed by atoms with E-state index < -0.39 is 12.2 Å². The lowest BCUT2D eigenvalue weighted by molar-refractivity contribution is -0.215. The van der Waals surface area contributed by atoms with Crippen LogP contribution in [0.1, 0.15) is 12.5 Å². The van der Waals surface area contributed by atoms with Crippen LogP contribution >= 0.6 is 0 Å². The van der Waals surface area contributed by atoms with Gasteiger partial charge in [0.05, 0.1) is 0 Å². The first-order valence-electron chi connectivity index (χ1n) is 6.45. The Kier molecular flexibility index (Phi) is 3.69. The van der Waals surface area contributed by atoms with E-state index in [2.05, 4.69) is 0 Å². The normalized spacial score (nSPS) is 14.0. The molecule has 18 heavy (non-hydrogen) atoms. The fraction of sp³-hybridized carbons (Fsp3) is 0.250. The largest absolute Gasteiger partial charge is 0.349 e. The molecular weight excluding hydrogens is 224 g/mol. The predicted molar refractivity (Wildman–Crippen MR) is 72.3 cm³/mol. The van der Waals surface area contributed by atoms with Gasteiger partial charge in [-0.05, 0) is 5.56 Å². The minimum absolute atomic E-state index is 0.661. The predicted octanol–water partition coefficient (Wildman–Crippen LogP) is 3.37. The van der Waals surface area contributed by atoms with Crippen molar-refractivity contribution in [2.24, 2.45) is 0 Å². The van der Waals surface area contributed by atoms with E-state index in [1.54, 1.807) is 14.2 Å². The molecule has 0 aliphatic rings. The van der Waals surface area contributed by atoms with Crippen molar-refractivity contribution >= 4 is 0 Å². The van der Waals surface area contributed by atoms with Crippen LogP contribution in [-0.2, 0) is 21.7 Å². The zero-order valence-corrected chi connectivity index (χ0v) is 10.7. The van der Waals surface area contributed by atoms with Crippen LogP contribution in [0.4, 0.5) is 0 Å². The Morgan fingerprint density at radius 2 is 1.39 bits per heavy atom. The van der Waals surface area contributed by atoms with Crippen molar-refractivity contribution in [3.63, 3.8) is 0 Å². The molecule has 2 heteroatoms. The topological polar surface area (TPSA) is 18.5 Å². The number of hydrogen-bond donors (Lipinski definition) is 0. The van der Waals surface area contributed by atoms with Crippen molar-refractivity contribution in [3.05, 3.63) is 71.8 Å². The number of hydrogen-bond acceptors (Lipinski definition) is 2. The molecule has 0 aromatic heterocycles. The molecule has 0 aliphatic heterocycles. The van der Waals surface area contributed by atoms with Crippen molar-refractivity contribution in [1.29, 1.82) is 0 Å². The molecule has 2 rings (SSSR count). The smallest absolute Gasteiger partial charge is 0.198 e. The molecule has 2 aromatic rings. The second-order valence-corrected chi connectivity index (χ2v) is 4.00. The molecule has 1 unspecified atom stereocenters. The molecule has 2 aromatic carbocycles. The Labute approximate surface area is 110 Å². The van der Waals surface area contributed by atoms with E-state index in [9.17, 15) is 0 Å². The number of rotatable bonds is 5. The summed E-state index contributed by atoms with van der Waals surface area (Å²) in [5.74, 6) is -1.09. The highest BCUT2D eigenvalue weighted by molar-refractivity contribution is 5.25. The molecular formula is C16H18O2. The van der Waals surface area contributed by atoms with Crippen LogP contribution in [0.5, 0.6) is 0 Å². The van der Waals surface area contributed by atoms with Gasteiger partial charge in [-0.25, -0.2) is 0 Å². The highest BCUT2D eigenvalue weighted by Gasteiger charge is 2.32. The Morgan fingerprint density at radius 3 is 1.89 bits per heavy atom. The summed E-state index contributed by atoms with van der Waals surface area (Å²) < 4.78 is 19.7. The third kappa shape index (κ3) is 2.61. The molecule has 0 saturated heterocycles. The van der Waals surface area contributed by atoms with E-state index >= 15 is 0 Å². The summed E-state index contributed by atoms with van der Waals surface area (Å²) in [6, 6.07) is 19.2. The molecule has 0 saturated carbocycles. The van der Waals surface area contributed by atoms with Gasteiger partial charge in [0.1, 0.15) is 0 Å². The van der Waals surface area contributed by atoms with Crippen molar-refractivity contribution in [2.45, 2.75) is 12.2 Å². The summed E-state index contributed by atoms with van der Waals surface area (Å²) in [6.45, 7) is 0. The van der Waals surface area contributed by atoms with Crippen molar-refractivity contribution < 1.29 is 10.8 Å². The van der Waals surface area contributed by atoms with E-state index in [1.807, 2.05) is 60.7 Å². The van der Waals surface area contributed by atoms with Crippen LogP contribution in [0.25, 0.3) is 0 Å². The van der Waals surface area contributed by atoms with Crippen LogP contribution < -0.4 is 0 Å². The quantitative estimate of drug-likeness (QED) is 0.750. The number of benzene rings is 2. The fourth-order valence-corrected chi connectivity index (χ4v) is 1.96. The van der Waals surface area contributed by atoms with E-state index in [1.165, 1.54) is 0 Å². The molecule has 0 radical (unpaired) electrons. The van der Waals surface area contributed by atoms with Gasteiger partial charge >= 0.3 is 0 Å². The maximum absolute atomic E-state index is 8.51. The standard InChI is InChI=1S/C16H18O2/c1-17-16(18-2,15-11-7-4-8-12-15)13-14-9-5-3-6-10-14/h3-12H,13H2,1-2H3/i13D. The highest BCUT2D eigenvalue weighted by atomic mass is 16.7. The molecule has 2 nitrogen and oxygen atoms in total. The van der Waals surface area contributed by atoms with Crippen molar-refractivity contribution in [2.75, 3.05) is 14.2 Å². The summed E-state index contributed by atoms with van der Waals surface area (Å²) in [4.78, 5) is 0. The first-order valence-corrected chi connectivity index (χ1v) is 5.87. The first-order chi connectivity index (χ1) is 9.24. The zero-order valence-electron chi connectivity index (χ0n) is 11.7. The Bertz CT molecular complexity index is 495. The van der Waals surface area contributed by atoms with Crippen LogP contribution in [-0.4, -0.2) is 14.2 Å². The van der Waals surface area contributed by atoms with Gasteiger partial charge in [0, 0.05) is 27.6 Å². The van der Waals surface area contributed by atoms with Crippen molar-refractivity contribution in [1.82, 2.24) is 0 Å². The number of methoxy groups -OCH3 is 2. The van der Waals surface area contributed by atoms with E-state index in [0.717, 1.165) is 11.1 Å². The minimum atomic E-state index is -1.09. The molecule has 0 bridgehead atoms.